The lowest BCUT2D eigenvalue weighted by Gasteiger charge is -2.26. The molecule has 0 unspecified atom stereocenters. The predicted molar refractivity (Wildman–Crippen MR) is 94.5 cm³/mol. The van der Waals surface area contributed by atoms with Crippen LogP contribution in [-0.2, 0) is 4.74 Å². The smallest absolute Gasteiger partial charge is 0.200 e. The van der Waals surface area contributed by atoms with Gasteiger partial charge in [0.2, 0.25) is 5.82 Å². The maximum Gasteiger partial charge on any atom is 0.200 e. The lowest BCUT2D eigenvalue weighted by atomic mass is 9.77. The standard InChI is InChI=1S/C20H23F2NO3/c1-10-8-12(24)9-15(23-10)19-16(11(2)20(3,4)26-19)13-6-7-14(21)17(22)18(13)25-5/h6-9,11,16,19H,1-5H3,(H,23,24)/t11-,16-,19-/m0/s1. The van der Waals surface area contributed by atoms with Gasteiger partial charge in [0.25, 0.3) is 0 Å². The van der Waals surface area contributed by atoms with E-state index < -0.39 is 23.3 Å². The number of aromatic nitrogens is 1. The molecule has 1 fully saturated rings. The first-order chi connectivity index (χ1) is 12.2. The topological polar surface area (TPSA) is 51.3 Å². The molecule has 1 aromatic heterocycles. The van der Waals surface area contributed by atoms with Crippen molar-refractivity contribution < 1.29 is 18.3 Å². The number of aryl methyl sites for hydroxylation is 1. The fourth-order valence-corrected chi connectivity index (χ4v) is 3.77. The Bertz CT molecular complexity index is 891. The van der Waals surface area contributed by atoms with Crippen LogP contribution < -0.4 is 10.2 Å². The minimum absolute atomic E-state index is 0.0322. The van der Waals surface area contributed by atoms with Gasteiger partial charge in [-0.2, -0.15) is 4.39 Å². The van der Waals surface area contributed by atoms with Crippen molar-refractivity contribution >= 4 is 0 Å². The zero-order valence-electron chi connectivity index (χ0n) is 15.5. The second-order valence-electron chi connectivity index (χ2n) is 7.39. The van der Waals surface area contributed by atoms with Gasteiger partial charge >= 0.3 is 0 Å². The summed E-state index contributed by atoms with van der Waals surface area (Å²) in [7, 11) is 1.32. The van der Waals surface area contributed by atoms with Gasteiger partial charge in [-0.15, -0.1) is 0 Å². The van der Waals surface area contributed by atoms with E-state index in [9.17, 15) is 13.6 Å². The van der Waals surface area contributed by atoms with Crippen molar-refractivity contribution in [1.82, 2.24) is 4.98 Å². The molecular formula is C20H23F2NO3. The van der Waals surface area contributed by atoms with E-state index in [4.69, 9.17) is 9.47 Å². The first kappa shape index (κ1) is 18.6. The molecule has 3 rings (SSSR count). The monoisotopic (exact) mass is 363 g/mol. The van der Waals surface area contributed by atoms with Crippen LogP contribution in [0.2, 0.25) is 0 Å². The molecule has 2 heterocycles. The zero-order valence-corrected chi connectivity index (χ0v) is 15.5. The molecule has 140 valence electrons. The SMILES string of the molecule is COc1c([C@H]2[C@H](c3cc(=O)cc(C)[nH]3)OC(C)(C)[C@H]2C)ccc(F)c1F. The molecule has 1 aromatic carbocycles. The van der Waals surface area contributed by atoms with E-state index >= 15 is 0 Å². The molecule has 0 aliphatic carbocycles. The highest BCUT2D eigenvalue weighted by Crippen LogP contribution is 2.54. The molecule has 0 amide bonds. The van der Waals surface area contributed by atoms with E-state index in [1.54, 1.807) is 6.92 Å². The number of nitrogens with one attached hydrogen (secondary N) is 1. The quantitative estimate of drug-likeness (QED) is 0.887. The van der Waals surface area contributed by atoms with Crippen LogP contribution in [0.3, 0.4) is 0 Å². The van der Waals surface area contributed by atoms with Crippen molar-refractivity contribution in [2.75, 3.05) is 7.11 Å². The summed E-state index contributed by atoms with van der Waals surface area (Å²) in [5, 5.41) is 0. The third-order valence-corrected chi connectivity index (χ3v) is 5.34. The number of H-pyrrole nitrogens is 1. The van der Waals surface area contributed by atoms with Gasteiger partial charge in [-0.25, -0.2) is 4.39 Å². The van der Waals surface area contributed by atoms with Crippen molar-refractivity contribution in [3.8, 4) is 5.75 Å². The van der Waals surface area contributed by atoms with Crippen LogP contribution >= 0.6 is 0 Å². The first-order valence-corrected chi connectivity index (χ1v) is 8.56. The van der Waals surface area contributed by atoms with Crippen LogP contribution in [0.4, 0.5) is 8.78 Å². The average molecular weight is 363 g/mol. The lowest BCUT2D eigenvalue weighted by Crippen LogP contribution is -2.27. The summed E-state index contributed by atoms with van der Waals surface area (Å²) in [5.74, 6) is -2.44. The van der Waals surface area contributed by atoms with E-state index in [1.807, 2.05) is 20.8 Å². The highest BCUT2D eigenvalue weighted by Gasteiger charge is 2.49. The summed E-state index contributed by atoms with van der Waals surface area (Å²) in [6.45, 7) is 7.69. The van der Waals surface area contributed by atoms with Gasteiger partial charge in [-0.1, -0.05) is 13.0 Å². The van der Waals surface area contributed by atoms with Gasteiger partial charge in [0.05, 0.1) is 12.7 Å². The maximum absolute atomic E-state index is 14.3. The fourth-order valence-electron chi connectivity index (χ4n) is 3.77. The lowest BCUT2D eigenvalue weighted by molar-refractivity contribution is -0.0326. The van der Waals surface area contributed by atoms with Gasteiger partial charge in [0, 0.05) is 35.0 Å². The van der Waals surface area contributed by atoms with Gasteiger partial charge in [-0.05, 0) is 32.8 Å². The van der Waals surface area contributed by atoms with E-state index in [-0.39, 0.29) is 23.0 Å². The number of hydrogen-bond donors (Lipinski definition) is 1. The van der Waals surface area contributed by atoms with Crippen molar-refractivity contribution in [1.29, 1.82) is 0 Å². The number of aromatic amines is 1. The molecule has 1 N–H and O–H groups in total. The maximum atomic E-state index is 14.3. The molecule has 3 atom stereocenters. The molecule has 1 aliphatic rings. The van der Waals surface area contributed by atoms with Crippen molar-refractivity contribution in [3.05, 3.63) is 63.1 Å². The summed E-state index contributed by atoms with van der Waals surface area (Å²) in [6.07, 6.45) is -0.508. The van der Waals surface area contributed by atoms with Crippen LogP contribution in [0, 0.1) is 24.5 Å². The van der Waals surface area contributed by atoms with Crippen molar-refractivity contribution in [2.24, 2.45) is 5.92 Å². The Morgan fingerprint density at radius 2 is 1.92 bits per heavy atom. The number of halogens is 2. The Balaban J connectivity index is 2.19. The van der Waals surface area contributed by atoms with Gasteiger partial charge in [-0.3, -0.25) is 4.79 Å². The highest BCUT2D eigenvalue weighted by molar-refractivity contribution is 5.41. The summed E-state index contributed by atoms with van der Waals surface area (Å²) >= 11 is 0. The Labute approximate surface area is 151 Å². The molecule has 6 heteroatoms. The van der Waals surface area contributed by atoms with E-state index in [2.05, 4.69) is 4.98 Å². The number of methoxy groups -OCH3 is 1. The average Bonchev–Trinajstić information content (AvgIpc) is 2.79. The van der Waals surface area contributed by atoms with Crippen LogP contribution in [0.15, 0.2) is 29.1 Å². The van der Waals surface area contributed by atoms with Crippen LogP contribution in [0.25, 0.3) is 0 Å². The number of pyridine rings is 1. The molecule has 1 saturated heterocycles. The predicted octanol–water partition coefficient (Wildman–Crippen LogP) is 4.24. The zero-order chi connectivity index (χ0) is 19.2. The van der Waals surface area contributed by atoms with E-state index in [0.29, 0.717) is 17.0 Å². The number of benzene rings is 1. The van der Waals surface area contributed by atoms with E-state index in [0.717, 1.165) is 6.07 Å². The largest absolute Gasteiger partial charge is 0.493 e. The Hall–Kier alpha value is -2.21. The van der Waals surface area contributed by atoms with Gasteiger partial charge < -0.3 is 14.5 Å². The third kappa shape index (κ3) is 3.03. The molecule has 0 radical (unpaired) electrons. The summed E-state index contributed by atoms with van der Waals surface area (Å²) < 4.78 is 39.4. The van der Waals surface area contributed by atoms with Crippen LogP contribution in [0.1, 0.15) is 49.7 Å². The molecule has 4 nitrogen and oxygen atoms in total. The van der Waals surface area contributed by atoms with Crippen LogP contribution in [0.5, 0.6) is 5.75 Å². The minimum Gasteiger partial charge on any atom is -0.493 e. The van der Waals surface area contributed by atoms with Gasteiger partial charge in [0.15, 0.2) is 17.0 Å². The molecule has 0 spiro atoms. The van der Waals surface area contributed by atoms with Crippen molar-refractivity contribution in [2.45, 2.75) is 45.3 Å². The van der Waals surface area contributed by atoms with Gasteiger partial charge in [0.1, 0.15) is 6.10 Å². The molecule has 26 heavy (non-hydrogen) atoms. The number of hydrogen-bond acceptors (Lipinski definition) is 3. The summed E-state index contributed by atoms with van der Waals surface area (Å²) in [4.78, 5) is 15.1. The summed E-state index contributed by atoms with van der Waals surface area (Å²) in [6, 6.07) is 5.62. The Morgan fingerprint density at radius 1 is 1.23 bits per heavy atom. The minimum atomic E-state index is -1.02. The van der Waals surface area contributed by atoms with E-state index in [1.165, 1.54) is 25.3 Å². The fraction of sp³-hybridized carbons (Fsp3) is 0.450. The molecule has 0 bridgehead atoms. The molecule has 1 aliphatic heterocycles. The molecule has 0 saturated carbocycles. The molecule has 2 aromatic rings. The highest BCUT2D eigenvalue weighted by atomic mass is 19.2. The first-order valence-electron chi connectivity index (χ1n) is 8.56. The van der Waals surface area contributed by atoms with Crippen molar-refractivity contribution in [3.63, 3.8) is 0 Å². The number of ether oxygens (including phenoxy) is 2. The Morgan fingerprint density at radius 3 is 2.54 bits per heavy atom. The number of rotatable bonds is 3. The normalized spacial score (nSPS) is 24.7. The summed E-state index contributed by atoms with van der Waals surface area (Å²) in [5.41, 5.74) is 1.20. The second-order valence-corrected chi connectivity index (χ2v) is 7.39. The third-order valence-electron chi connectivity index (χ3n) is 5.34. The second kappa shape index (κ2) is 6.50. The Kier molecular flexibility index (Phi) is 4.65. The van der Waals surface area contributed by atoms with Crippen LogP contribution in [-0.4, -0.2) is 17.7 Å². The molecular weight excluding hydrogens is 340 g/mol.